The van der Waals surface area contributed by atoms with Gasteiger partial charge in [0.15, 0.2) is 0 Å². The number of pyridine rings is 7. The van der Waals surface area contributed by atoms with Crippen LogP contribution in [0.3, 0.4) is 0 Å². The number of nitrogens with zero attached hydrogens (tertiary/aromatic N) is 6. The van der Waals surface area contributed by atoms with Crippen LogP contribution in [0, 0.1) is 5.92 Å². The molecule has 0 saturated heterocycles. The van der Waals surface area contributed by atoms with Crippen molar-refractivity contribution in [2.45, 2.75) is 121 Å². The second-order valence-corrected chi connectivity index (χ2v) is 33.7. The number of nitrogens with one attached hydrogen (secondary N) is 7. The topological polar surface area (TPSA) is 294 Å². The summed E-state index contributed by atoms with van der Waals surface area (Å²) in [6.45, 7) is 7.36. The molecule has 141 heavy (non-hydrogen) atoms. The molecular weight excluding hydrogens is 1940 g/mol. The molecule has 13 heterocycles. The van der Waals surface area contributed by atoms with Gasteiger partial charge in [-0.15, -0.1) is 0 Å². The summed E-state index contributed by atoms with van der Waals surface area (Å²) in [7, 11) is 1.81. The Hall–Kier alpha value is -14.4. The Morgan fingerprint density at radius 1 is 0.376 bits per heavy atom. The second-order valence-electron chi connectivity index (χ2n) is 33.7. The predicted molar refractivity (Wildman–Crippen MR) is 472 cm³/mol. The van der Waals surface area contributed by atoms with Crippen molar-refractivity contribution in [3.05, 3.63) is 235 Å². The van der Waals surface area contributed by atoms with E-state index in [-0.39, 0.29) is 102 Å². The lowest BCUT2D eigenvalue weighted by Gasteiger charge is -2.37. The molecule has 7 aliphatic rings. The molecule has 13 aromatic rings. The van der Waals surface area contributed by atoms with Crippen LogP contribution in [0.2, 0.25) is 0 Å². The van der Waals surface area contributed by atoms with Gasteiger partial charge >= 0.3 is 49.4 Å². The maximum absolute atomic E-state index is 13.4. The Kier molecular flexibility index (Phi) is 27.7. The second kappa shape index (κ2) is 38.7. The Bertz CT molecular complexity index is 7290. The van der Waals surface area contributed by atoms with E-state index in [0.29, 0.717) is 147 Å². The number of aromatic nitrogens is 7. The Morgan fingerprint density at radius 3 is 1.11 bits per heavy atom. The Balaban J connectivity index is 0.000000128. The van der Waals surface area contributed by atoms with Crippen LogP contribution in [0.4, 0.5) is 139 Å². The molecule has 1 saturated carbocycles. The van der Waals surface area contributed by atoms with Gasteiger partial charge in [-0.05, 0) is 87.1 Å². The number of hydrogen-bond donors (Lipinski definition) is 7. The van der Waals surface area contributed by atoms with Crippen molar-refractivity contribution in [2.24, 2.45) is 5.92 Å². The molecular formula is C92H79F24N13O12. The number of ether oxygens (including phenoxy) is 6. The highest BCUT2D eigenvalue weighted by molar-refractivity contribution is 5.95. The standard InChI is InChI=1S/C18H14F3N3O2.C16H14F6N2O2.C16H15F3N2O2.C15H12F6N2O2.C15H15F3N2O2.C12H9F3N2O2/c19-18(20,21)13-8-17(25)23-14-9-16-15(7-12(13)14)24(5-6-26-16)10-11-3-1-2-4-22-11;1-2-8-6-24(7-15(17,18)19)12-3-9-10(16(20,21)22)4-14(25)23-11(9)5-13(12)26-8;17-16(18,19)11-6-15(22)20-12-7-14-13(5-10(11)12)21(3-4-23-14)8-9-1-2-9;1-7-5-25-12-4-10-8(2-11(12)23(7)6-14(16,17)18)9(15(19,20)21)3-13(24)22-10;1-3-8-7-20(2)12-4-9-10(15(16,17)18)5-14(21)19-11(9)6-13(12)22-8;13-12(14,15)7-4-11(18)17-8-5-10-9(3-6(7)8)16-1-2-19-10/h1-4,7-9H,5-6,10H2,(H,23,25);3-5,8H,2,6-7H2,1H3,(H,23,25);5-7,9H,1-4,8H2,(H,20,22);2-4,7H,5-6H2,1H3,(H,22,24);4-6,8H,3,7H2,1-2H3,(H,19,21);3-5,16H,1-2H2,(H,17,18). The van der Waals surface area contributed by atoms with E-state index in [1.807, 2.05) is 35.9 Å². The van der Waals surface area contributed by atoms with E-state index in [2.05, 4.69) is 45.1 Å². The number of H-pyrrole nitrogens is 6. The van der Waals surface area contributed by atoms with Gasteiger partial charge in [0.25, 0.3) is 0 Å². The number of aromatic amines is 6. The van der Waals surface area contributed by atoms with Crippen LogP contribution in [0.15, 0.2) is 162 Å². The van der Waals surface area contributed by atoms with Gasteiger partial charge in [0.05, 0.1) is 145 Å². The van der Waals surface area contributed by atoms with Crippen molar-refractivity contribution in [1.82, 2.24) is 34.9 Å². The van der Waals surface area contributed by atoms with Crippen molar-refractivity contribution < 1.29 is 134 Å². The van der Waals surface area contributed by atoms with E-state index in [9.17, 15) is 134 Å². The van der Waals surface area contributed by atoms with E-state index in [1.165, 1.54) is 68.3 Å². The highest BCUT2D eigenvalue weighted by atomic mass is 19.4. The summed E-state index contributed by atoms with van der Waals surface area (Å²) in [4.78, 5) is 95.3. The number of rotatable bonds is 8. The van der Waals surface area contributed by atoms with Crippen molar-refractivity contribution in [3.63, 3.8) is 0 Å². The van der Waals surface area contributed by atoms with Crippen LogP contribution in [-0.2, 0) is 43.6 Å². The zero-order valence-corrected chi connectivity index (χ0v) is 73.7. The smallest absolute Gasteiger partial charge is 0.417 e. The zero-order chi connectivity index (χ0) is 102. The van der Waals surface area contributed by atoms with Gasteiger partial charge in [-0.3, -0.25) is 33.8 Å². The number of halogens is 24. The molecule has 1 aliphatic carbocycles. The molecule has 3 unspecified atom stereocenters. The van der Waals surface area contributed by atoms with Crippen molar-refractivity contribution >= 4 is 99.5 Å². The number of likely N-dealkylation sites (N-methyl/N-ethyl adjacent to an activating group) is 1. The molecule has 752 valence electrons. The number of alkyl halides is 24. The minimum Gasteiger partial charge on any atom is -0.490 e. The van der Waals surface area contributed by atoms with E-state index in [1.54, 1.807) is 19.2 Å². The van der Waals surface area contributed by atoms with Crippen molar-refractivity contribution in [3.8, 4) is 34.5 Å². The largest absolute Gasteiger partial charge is 0.490 e. The summed E-state index contributed by atoms with van der Waals surface area (Å²) in [5.74, 6) is 2.51. The third-order valence-corrected chi connectivity index (χ3v) is 23.4. The minimum absolute atomic E-state index is 0.00199. The first-order chi connectivity index (χ1) is 66.0. The van der Waals surface area contributed by atoms with Gasteiger partial charge in [0.1, 0.15) is 86.2 Å². The van der Waals surface area contributed by atoms with Crippen molar-refractivity contribution in [2.75, 3.05) is 116 Å². The first kappa shape index (κ1) is 101. The fourth-order valence-corrected chi connectivity index (χ4v) is 16.8. The quantitative estimate of drug-likeness (QED) is 0.0696. The zero-order valence-electron chi connectivity index (χ0n) is 73.7. The molecule has 7 N–H and O–H groups in total. The lowest BCUT2D eigenvalue weighted by atomic mass is 10.0. The van der Waals surface area contributed by atoms with E-state index in [0.717, 1.165) is 52.7 Å². The molecule has 20 rings (SSSR count). The van der Waals surface area contributed by atoms with Gasteiger partial charge in [-0.2, -0.15) is 105 Å². The Labute approximate surface area is 776 Å². The van der Waals surface area contributed by atoms with Gasteiger partial charge in [0, 0.05) is 131 Å². The third kappa shape index (κ3) is 23.4. The first-order valence-corrected chi connectivity index (χ1v) is 43.0. The predicted octanol–water partition coefficient (Wildman–Crippen LogP) is 19.8. The molecule has 3 atom stereocenters. The molecule has 6 aromatic carbocycles. The first-order valence-electron chi connectivity index (χ1n) is 43.0. The summed E-state index contributed by atoms with van der Waals surface area (Å²) in [5, 5.41) is 2.04. The summed E-state index contributed by atoms with van der Waals surface area (Å²) < 4.78 is 348. The minimum atomic E-state index is -4.82. The highest BCUT2D eigenvalue weighted by Gasteiger charge is 2.44. The van der Waals surface area contributed by atoms with Gasteiger partial charge in [-0.1, -0.05) is 19.9 Å². The maximum atomic E-state index is 13.4. The SMILES string of the molecule is CC1COc2cc3[nH]c(=O)cc(C(F)(F)F)c3cc2N1CC(F)(F)F.CCC1CN(C)c2cc3c(C(F)(F)F)cc(=O)[nH]c3cc2O1.CCC1CN(CC(F)(F)F)c2cc3c(C(F)(F)F)cc(=O)[nH]c3cc2O1.O=c1cc(C(F)(F)F)c2cc3c(cc2[nH]1)OCCN3.O=c1cc(C(F)(F)F)c2cc3c(cc2[nH]1)OCCN3CC1CC1.O=c1cc(C(F)(F)F)c2cc3c(cc2[nH]1)OCCN3Cc1ccccn1. The van der Waals surface area contributed by atoms with E-state index in [4.69, 9.17) is 28.4 Å². The molecule has 1 fully saturated rings. The van der Waals surface area contributed by atoms with E-state index >= 15 is 0 Å². The maximum Gasteiger partial charge on any atom is 0.417 e. The van der Waals surface area contributed by atoms with Crippen LogP contribution in [0.1, 0.15) is 85.5 Å². The molecule has 0 spiro atoms. The van der Waals surface area contributed by atoms with Crippen LogP contribution in [-0.4, -0.2) is 151 Å². The van der Waals surface area contributed by atoms with Crippen LogP contribution >= 0.6 is 0 Å². The molecule has 6 aliphatic heterocycles. The lowest BCUT2D eigenvalue weighted by Crippen LogP contribution is -2.46. The summed E-state index contributed by atoms with van der Waals surface area (Å²) >= 11 is 0. The average Bonchev–Trinajstić information content (AvgIpc) is 1.25. The van der Waals surface area contributed by atoms with Crippen LogP contribution in [0.25, 0.3) is 65.4 Å². The lowest BCUT2D eigenvalue weighted by molar-refractivity contribution is -0.137. The van der Waals surface area contributed by atoms with Gasteiger partial charge in [-0.25, -0.2) is 0 Å². The van der Waals surface area contributed by atoms with Crippen LogP contribution < -0.4 is 91.6 Å². The Morgan fingerprint density at radius 2 is 0.723 bits per heavy atom. The fourth-order valence-electron chi connectivity index (χ4n) is 16.8. The molecule has 0 bridgehead atoms. The van der Waals surface area contributed by atoms with E-state index < -0.39 is 147 Å². The number of benzene rings is 6. The fraction of sp³-hybridized carbons (Fsp3) is 0.359. The monoisotopic (exact) mass is 2010 g/mol. The normalized spacial score (nSPS) is 16.9. The van der Waals surface area contributed by atoms with Gasteiger partial charge in [0.2, 0.25) is 33.4 Å². The highest BCUT2D eigenvalue weighted by Crippen LogP contribution is 2.50. The number of fused-ring (bicyclic) bond motifs is 12. The van der Waals surface area contributed by atoms with Gasteiger partial charge < -0.3 is 88.1 Å². The number of anilines is 6. The molecule has 7 aromatic heterocycles. The molecule has 0 radical (unpaired) electrons. The van der Waals surface area contributed by atoms with Crippen LogP contribution in [0.5, 0.6) is 34.5 Å². The summed E-state index contributed by atoms with van der Waals surface area (Å²) in [6.07, 6.45) is -32.4. The number of hydrogen-bond acceptors (Lipinski definition) is 19. The average molecular weight is 2010 g/mol. The third-order valence-electron chi connectivity index (χ3n) is 23.4. The molecule has 25 nitrogen and oxygen atoms in total. The summed E-state index contributed by atoms with van der Waals surface area (Å²) in [5.41, 5.74) is -8.08. The molecule has 49 heteroatoms. The summed E-state index contributed by atoms with van der Waals surface area (Å²) in [6, 6.07) is 23.7. The van der Waals surface area contributed by atoms with Crippen molar-refractivity contribution in [1.29, 1.82) is 0 Å². The molecule has 0 amide bonds.